The predicted molar refractivity (Wildman–Crippen MR) is 86.6 cm³/mol. The first-order valence-electron chi connectivity index (χ1n) is 7.81. The van der Waals surface area contributed by atoms with E-state index in [2.05, 4.69) is 15.2 Å². The fourth-order valence-electron chi connectivity index (χ4n) is 3.37. The van der Waals surface area contributed by atoms with Gasteiger partial charge in [-0.25, -0.2) is 9.97 Å². The highest BCUT2D eigenvalue weighted by atomic mass is 32.1. The molecule has 1 aliphatic heterocycles. The number of nitrogen functional groups attached to an aromatic ring is 1. The van der Waals surface area contributed by atoms with Gasteiger partial charge in [0.25, 0.3) is 0 Å². The van der Waals surface area contributed by atoms with E-state index in [1.54, 1.807) is 0 Å². The van der Waals surface area contributed by atoms with E-state index in [0.717, 1.165) is 55.2 Å². The number of aryl methyl sites for hydroxylation is 2. The van der Waals surface area contributed by atoms with Crippen LogP contribution in [0.1, 0.15) is 29.1 Å². The summed E-state index contributed by atoms with van der Waals surface area (Å²) in [6.45, 7) is 5.02. The highest BCUT2D eigenvalue weighted by molar-refractivity contribution is 7.19. The van der Waals surface area contributed by atoms with Crippen molar-refractivity contribution < 1.29 is 0 Å². The van der Waals surface area contributed by atoms with E-state index in [1.807, 2.05) is 11.3 Å². The van der Waals surface area contributed by atoms with Crippen LogP contribution in [0.25, 0.3) is 10.2 Å². The number of rotatable bonds is 2. The molecule has 2 aromatic rings. The van der Waals surface area contributed by atoms with Gasteiger partial charge < -0.3 is 11.1 Å². The fraction of sp³-hybridized carbons (Fsp3) is 0.600. The molecule has 0 radical (unpaired) electrons. The quantitative estimate of drug-likeness (QED) is 0.881. The Balaban J connectivity index is 1.68. The van der Waals surface area contributed by atoms with Crippen LogP contribution in [0, 0.1) is 0 Å². The van der Waals surface area contributed by atoms with Crippen LogP contribution in [0.15, 0.2) is 0 Å². The predicted octanol–water partition coefficient (Wildman–Crippen LogP) is 1.56. The molecule has 0 bridgehead atoms. The lowest BCUT2D eigenvalue weighted by Gasteiger charge is -2.26. The normalized spacial score (nSPS) is 19.8. The molecule has 0 amide bonds. The van der Waals surface area contributed by atoms with Crippen molar-refractivity contribution in [1.29, 1.82) is 0 Å². The maximum atomic E-state index is 6.26. The SMILES string of the molecule is Nc1nc(CN2CCNCC2)nc2sc3c(c12)CCCC3. The molecule has 0 unspecified atom stereocenters. The Hall–Kier alpha value is -1.24. The summed E-state index contributed by atoms with van der Waals surface area (Å²) in [6.07, 6.45) is 4.88. The van der Waals surface area contributed by atoms with Gasteiger partial charge in [0.15, 0.2) is 0 Å². The highest BCUT2D eigenvalue weighted by Gasteiger charge is 2.20. The lowest BCUT2D eigenvalue weighted by atomic mass is 9.97. The third-order valence-corrected chi connectivity index (χ3v) is 5.65. The summed E-state index contributed by atoms with van der Waals surface area (Å²) < 4.78 is 0. The Morgan fingerprint density at radius 3 is 2.81 bits per heavy atom. The minimum Gasteiger partial charge on any atom is -0.383 e. The average molecular weight is 303 g/mol. The molecule has 2 aliphatic rings. The average Bonchev–Trinajstić information content (AvgIpc) is 2.87. The summed E-state index contributed by atoms with van der Waals surface area (Å²) in [4.78, 5) is 14.4. The molecule has 0 saturated carbocycles. The number of nitrogens with two attached hydrogens (primary N) is 1. The highest BCUT2D eigenvalue weighted by Crippen LogP contribution is 2.37. The molecule has 1 saturated heterocycles. The van der Waals surface area contributed by atoms with Crippen molar-refractivity contribution in [2.24, 2.45) is 0 Å². The van der Waals surface area contributed by atoms with Gasteiger partial charge in [0.2, 0.25) is 0 Å². The molecule has 1 aliphatic carbocycles. The molecule has 5 nitrogen and oxygen atoms in total. The van der Waals surface area contributed by atoms with Crippen molar-refractivity contribution in [3.63, 3.8) is 0 Å². The minimum atomic E-state index is 0.685. The second-order valence-corrected chi connectivity index (χ2v) is 7.03. The van der Waals surface area contributed by atoms with Gasteiger partial charge in [-0.2, -0.15) is 0 Å². The molecule has 2 aromatic heterocycles. The van der Waals surface area contributed by atoms with Crippen LogP contribution in [0.5, 0.6) is 0 Å². The molecule has 0 atom stereocenters. The van der Waals surface area contributed by atoms with Gasteiger partial charge in [-0.05, 0) is 31.2 Å². The number of fused-ring (bicyclic) bond motifs is 3. The van der Waals surface area contributed by atoms with Crippen LogP contribution >= 0.6 is 11.3 Å². The van der Waals surface area contributed by atoms with Crippen molar-refractivity contribution >= 4 is 27.4 Å². The van der Waals surface area contributed by atoms with Crippen molar-refractivity contribution in [2.75, 3.05) is 31.9 Å². The van der Waals surface area contributed by atoms with Crippen LogP contribution in [0.2, 0.25) is 0 Å². The van der Waals surface area contributed by atoms with E-state index in [9.17, 15) is 0 Å². The summed E-state index contributed by atoms with van der Waals surface area (Å²) in [5.41, 5.74) is 7.68. The molecule has 6 heteroatoms. The summed E-state index contributed by atoms with van der Waals surface area (Å²) in [6, 6.07) is 0. The number of hydrogen-bond donors (Lipinski definition) is 2. The zero-order chi connectivity index (χ0) is 14.2. The zero-order valence-corrected chi connectivity index (χ0v) is 13.0. The van der Waals surface area contributed by atoms with Gasteiger partial charge in [-0.15, -0.1) is 11.3 Å². The summed E-state index contributed by atoms with van der Waals surface area (Å²) >= 11 is 1.83. The largest absolute Gasteiger partial charge is 0.383 e. The third kappa shape index (κ3) is 2.52. The van der Waals surface area contributed by atoms with E-state index in [4.69, 9.17) is 10.7 Å². The molecule has 4 rings (SSSR count). The van der Waals surface area contributed by atoms with E-state index >= 15 is 0 Å². The van der Waals surface area contributed by atoms with E-state index in [1.165, 1.54) is 29.7 Å². The smallest absolute Gasteiger partial charge is 0.146 e. The zero-order valence-electron chi connectivity index (χ0n) is 12.2. The van der Waals surface area contributed by atoms with Crippen LogP contribution < -0.4 is 11.1 Å². The van der Waals surface area contributed by atoms with Gasteiger partial charge in [0.05, 0.1) is 11.9 Å². The molecule has 0 aromatic carbocycles. The Morgan fingerprint density at radius 2 is 1.95 bits per heavy atom. The lowest BCUT2D eigenvalue weighted by Crippen LogP contribution is -2.43. The second-order valence-electron chi connectivity index (χ2n) is 5.94. The third-order valence-electron chi connectivity index (χ3n) is 4.46. The van der Waals surface area contributed by atoms with Crippen LogP contribution in [0.4, 0.5) is 5.82 Å². The number of nitrogens with one attached hydrogen (secondary N) is 1. The van der Waals surface area contributed by atoms with Crippen molar-refractivity contribution in [2.45, 2.75) is 32.2 Å². The number of aromatic nitrogens is 2. The van der Waals surface area contributed by atoms with Crippen LogP contribution in [-0.4, -0.2) is 41.0 Å². The molecule has 0 spiro atoms. The molecule has 112 valence electrons. The fourth-order valence-corrected chi connectivity index (χ4v) is 4.66. The molecule has 3 N–H and O–H groups in total. The number of hydrogen-bond acceptors (Lipinski definition) is 6. The van der Waals surface area contributed by atoms with E-state index < -0.39 is 0 Å². The summed E-state index contributed by atoms with van der Waals surface area (Å²) in [5, 5.41) is 4.51. The molecular formula is C15H21N5S. The first kappa shape index (κ1) is 13.4. The topological polar surface area (TPSA) is 67.1 Å². The van der Waals surface area contributed by atoms with E-state index in [0.29, 0.717) is 5.82 Å². The Kier molecular flexibility index (Phi) is 3.52. The van der Waals surface area contributed by atoms with Crippen molar-refractivity contribution in [1.82, 2.24) is 20.2 Å². The maximum absolute atomic E-state index is 6.26. The van der Waals surface area contributed by atoms with Gasteiger partial charge >= 0.3 is 0 Å². The monoisotopic (exact) mass is 303 g/mol. The first-order valence-corrected chi connectivity index (χ1v) is 8.62. The van der Waals surface area contributed by atoms with Gasteiger partial charge in [0, 0.05) is 31.1 Å². The van der Waals surface area contributed by atoms with Crippen molar-refractivity contribution in [3.05, 3.63) is 16.3 Å². The summed E-state index contributed by atoms with van der Waals surface area (Å²) in [5.74, 6) is 1.56. The van der Waals surface area contributed by atoms with Gasteiger partial charge in [-0.3, -0.25) is 4.90 Å². The number of thiophene rings is 1. The Labute approximate surface area is 128 Å². The molecule has 21 heavy (non-hydrogen) atoms. The summed E-state index contributed by atoms with van der Waals surface area (Å²) in [7, 11) is 0. The van der Waals surface area contributed by atoms with E-state index in [-0.39, 0.29) is 0 Å². The molecule has 3 heterocycles. The maximum Gasteiger partial charge on any atom is 0.146 e. The molecule has 1 fully saturated rings. The molecular weight excluding hydrogens is 282 g/mol. The first-order chi connectivity index (χ1) is 10.3. The number of nitrogens with zero attached hydrogens (tertiary/aromatic N) is 3. The standard InChI is InChI=1S/C15H21N5S/c16-14-13-10-3-1-2-4-11(10)21-15(13)19-12(18-14)9-20-7-5-17-6-8-20/h17H,1-9H2,(H2,16,18,19). The number of piperazine rings is 1. The Morgan fingerprint density at radius 1 is 1.14 bits per heavy atom. The lowest BCUT2D eigenvalue weighted by molar-refractivity contribution is 0.228. The Bertz CT molecular complexity index is 660. The van der Waals surface area contributed by atoms with Crippen LogP contribution in [0.3, 0.4) is 0 Å². The van der Waals surface area contributed by atoms with Crippen molar-refractivity contribution in [3.8, 4) is 0 Å². The van der Waals surface area contributed by atoms with Gasteiger partial charge in [-0.1, -0.05) is 0 Å². The second kappa shape index (κ2) is 5.51. The van der Waals surface area contributed by atoms with Gasteiger partial charge in [0.1, 0.15) is 16.5 Å². The minimum absolute atomic E-state index is 0.685. The number of anilines is 1. The van der Waals surface area contributed by atoms with Crippen LogP contribution in [-0.2, 0) is 19.4 Å².